The quantitative estimate of drug-likeness (QED) is 0.231. The minimum atomic E-state index is -0.968. The molecule has 210 valence electrons. The molecule has 1 saturated heterocycles. The molecule has 2 atom stereocenters. The summed E-state index contributed by atoms with van der Waals surface area (Å²) in [6.45, 7) is 8.44. The molecule has 0 radical (unpaired) electrons. The number of anilines is 1. The van der Waals surface area contributed by atoms with Crippen LogP contribution < -0.4 is 10.6 Å². The van der Waals surface area contributed by atoms with E-state index in [2.05, 4.69) is 31.2 Å². The number of carboxylic acid groups (broad SMARTS) is 1. The van der Waals surface area contributed by atoms with Gasteiger partial charge < -0.3 is 25.2 Å². The van der Waals surface area contributed by atoms with Crippen molar-refractivity contribution in [2.24, 2.45) is 0 Å². The van der Waals surface area contributed by atoms with Crippen LogP contribution in [0.1, 0.15) is 62.6 Å². The average molecular weight is 568 g/mol. The maximum Gasteiger partial charge on any atom is 0.335 e. The van der Waals surface area contributed by atoms with E-state index in [-0.39, 0.29) is 30.0 Å². The molecule has 2 aromatic carbocycles. The number of pyridine rings is 1. The van der Waals surface area contributed by atoms with Crippen LogP contribution >= 0.6 is 12.2 Å². The smallest absolute Gasteiger partial charge is 0.335 e. The van der Waals surface area contributed by atoms with Gasteiger partial charge in [0, 0.05) is 41.9 Å². The Kier molecular flexibility index (Phi) is 7.90. The van der Waals surface area contributed by atoms with E-state index >= 15 is 0 Å². The van der Waals surface area contributed by atoms with Crippen LogP contribution in [-0.4, -0.2) is 43.1 Å². The third-order valence-corrected chi connectivity index (χ3v) is 7.95. The van der Waals surface area contributed by atoms with E-state index in [1.807, 2.05) is 76.2 Å². The molecule has 9 heteroatoms. The van der Waals surface area contributed by atoms with Gasteiger partial charge in [-0.3, -0.25) is 9.78 Å². The molecule has 5 rings (SSSR count). The first-order valence-electron chi connectivity index (χ1n) is 13.5. The van der Waals surface area contributed by atoms with Crippen molar-refractivity contribution in [1.29, 1.82) is 0 Å². The second-order valence-corrected chi connectivity index (χ2v) is 10.8. The average Bonchev–Trinajstić information content (AvgIpc) is 3.43. The highest BCUT2D eigenvalue weighted by Crippen LogP contribution is 2.41. The van der Waals surface area contributed by atoms with Crippen molar-refractivity contribution < 1.29 is 14.7 Å². The van der Waals surface area contributed by atoms with E-state index < -0.39 is 5.97 Å². The van der Waals surface area contributed by atoms with Gasteiger partial charge in [0.1, 0.15) is 0 Å². The molecule has 1 aliphatic rings. The molecule has 1 amide bonds. The van der Waals surface area contributed by atoms with E-state index in [9.17, 15) is 14.7 Å². The van der Waals surface area contributed by atoms with Crippen molar-refractivity contribution in [3.05, 3.63) is 112 Å². The number of hydrogen-bond acceptors (Lipinski definition) is 4. The molecule has 8 nitrogen and oxygen atoms in total. The van der Waals surface area contributed by atoms with Gasteiger partial charge in [-0.2, -0.15) is 0 Å². The monoisotopic (exact) mass is 567 g/mol. The molecule has 2 aromatic heterocycles. The van der Waals surface area contributed by atoms with Crippen LogP contribution in [0.2, 0.25) is 0 Å². The van der Waals surface area contributed by atoms with Crippen molar-refractivity contribution >= 4 is 34.9 Å². The Morgan fingerprint density at radius 2 is 1.78 bits per heavy atom. The van der Waals surface area contributed by atoms with Crippen molar-refractivity contribution in [2.45, 2.75) is 46.2 Å². The minimum absolute atomic E-state index is 0.0942. The predicted octanol–water partition coefficient (Wildman–Crippen LogP) is 5.81. The number of thiocarbonyl (C=S) groups is 1. The Hall–Kier alpha value is -4.50. The van der Waals surface area contributed by atoms with Crippen molar-refractivity contribution in [1.82, 2.24) is 19.8 Å². The van der Waals surface area contributed by atoms with Gasteiger partial charge >= 0.3 is 5.97 Å². The molecule has 1 aliphatic heterocycles. The zero-order valence-electron chi connectivity index (χ0n) is 23.5. The Balaban J connectivity index is 1.50. The van der Waals surface area contributed by atoms with Gasteiger partial charge in [0.15, 0.2) is 5.11 Å². The number of carboxylic acids is 1. The van der Waals surface area contributed by atoms with E-state index in [1.54, 1.807) is 18.3 Å². The highest BCUT2D eigenvalue weighted by Gasteiger charge is 2.41. The van der Waals surface area contributed by atoms with Gasteiger partial charge in [-0.05, 0) is 93.5 Å². The zero-order chi connectivity index (χ0) is 29.3. The van der Waals surface area contributed by atoms with Crippen molar-refractivity contribution in [3.8, 4) is 5.69 Å². The molecule has 4 aromatic rings. The Morgan fingerprint density at radius 3 is 2.46 bits per heavy atom. The summed E-state index contributed by atoms with van der Waals surface area (Å²) in [5, 5.41) is 16.6. The molecule has 41 heavy (non-hydrogen) atoms. The van der Waals surface area contributed by atoms with Crippen LogP contribution in [0, 0.1) is 27.7 Å². The summed E-state index contributed by atoms with van der Waals surface area (Å²) in [5.74, 6) is -1.06. The normalized spacial score (nSPS) is 16.5. The summed E-state index contributed by atoms with van der Waals surface area (Å²) in [6.07, 6.45) is 2.01. The number of carbonyl (C=O) groups is 2. The van der Waals surface area contributed by atoms with Crippen molar-refractivity contribution in [2.75, 3.05) is 11.9 Å². The summed E-state index contributed by atoms with van der Waals surface area (Å²) in [6, 6.07) is 20.3. The van der Waals surface area contributed by atoms with Crippen LogP contribution in [-0.2, 0) is 4.79 Å². The number of aromatic nitrogens is 2. The first kappa shape index (κ1) is 28.0. The number of aromatic carboxylic acids is 1. The summed E-state index contributed by atoms with van der Waals surface area (Å²) in [5.41, 5.74) is 7.72. The Labute approximate surface area is 245 Å². The van der Waals surface area contributed by atoms with Gasteiger partial charge in [0.2, 0.25) is 5.91 Å². The molecule has 0 unspecified atom stereocenters. The lowest BCUT2D eigenvalue weighted by Gasteiger charge is -2.28. The first-order chi connectivity index (χ1) is 19.6. The predicted molar refractivity (Wildman–Crippen MR) is 164 cm³/mol. The van der Waals surface area contributed by atoms with Crippen LogP contribution in [0.4, 0.5) is 5.69 Å². The van der Waals surface area contributed by atoms with E-state index in [0.29, 0.717) is 11.7 Å². The summed E-state index contributed by atoms with van der Waals surface area (Å²) in [7, 11) is 0. The summed E-state index contributed by atoms with van der Waals surface area (Å²) in [4.78, 5) is 31.4. The maximum absolute atomic E-state index is 12.9. The van der Waals surface area contributed by atoms with Crippen LogP contribution in [0.25, 0.3) is 5.69 Å². The molecule has 0 bridgehead atoms. The van der Waals surface area contributed by atoms with Gasteiger partial charge in [-0.1, -0.05) is 29.8 Å². The fraction of sp³-hybridized carbons (Fsp3) is 0.250. The number of carbonyl (C=O) groups excluding carboxylic acids is 1. The molecule has 0 spiro atoms. The van der Waals surface area contributed by atoms with Gasteiger partial charge in [-0.25, -0.2) is 4.79 Å². The van der Waals surface area contributed by atoms with E-state index in [4.69, 9.17) is 12.2 Å². The SMILES string of the molecule is Cc1ccc(NC(=O)CCN2C(=S)N[C@@H](c3ccccn3)[C@@H]2c2cc(C)n(-c3cc(C(=O)O)ccc3C)c2C)cc1. The van der Waals surface area contributed by atoms with Gasteiger partial charge in [-0.15, -0.1) is 0 Å². The third kappa shape index (κ3) is 5.71. The first-order valence-corrected chi connectivity index (χ1v) is 13.9. The number of rotatable bonds is 8. The lowest BCUT2D eigenvalue weighted by atomic mass is 9.96. The van der Waals surface area contributed by atoms with E-state index in [1.165, 1.54) is 0 Å². The number of amides is 1. The van der Waals surface area contributed by atoms with E-state index in [0.717, 1.165) is 45.1 Å². The molecule has 1 fully saturated rings. The lowest BCUT2D eigenvalue weighted by molar-refractivity contribution is -0.116. The second-order valence-electron chi connectivity index (χ2n) is 10.5. The fourth-order valence-corrected chi connectivity index (χ4v) is 5.84. The topological polar surface area (TPSA) is 99.5 Å². The molecule has 0 saturated carbocycles. The van der Waals surface area contributed by atoms with Gasteiger partial charge in [0.05, 0.1) is 23.3 Å². The maximum atomic E-state index is 12.9. The van der Waals surface area contributed by atoms with Crippen molar-refractivity contribution in [3.63, 3.8) is 0 Å². The Morgan fingerprint density at radius 1 is 1.02 bits per heavy atom. The van der Waals surface area contributed by atoms with Crippen LogP contribution in [0.15, 0.2) is 72.9 Å². The summed E-state index contributed by atoms with van der Waals surface area (Å²) < 4.78 is 2.09. The summed E-state index contributed by atoms with van der Waals surface area (Å²) >= 11 is 5.82. The minimum Gasteiger partial charge on any atom is -0.478 e. The zero-order valence-corrected chi connectivity index (χ0v) is 24.3. The fourth-order valence-electron chi connectivity index (χ4n) is 5.51. The van der Waals surface area contributed by atoms with Crippen LogP contribution in [0.5, 0.6) is 0 Å². The third-order valence-electron chi connectivity index (χ3n) is 7.60. The van der Waals surface area contributed by atoms with Gasteiger partial charge in [0.25, 0.3) is 0 Å². The molecular weight excluding hydrogens is 534 g/mol. The molecule has 3 heterocycles. The Bertz CT molecular complexity index is 1610. The van der Waals surface area contributed by atoms with Crippen LogP contribution in [0.3, 0.4) is 0 Å². The number of benzene rings is 2. The molecule has 3 N–H and O–H groups in total. The second kappa shape index (κ2) is 11.5. The number of nitrogens with one attached hydrogen (secondary N) is 2. The lowest BCUT2D eigenvalue weighted by Crippen LogP contribution is -2.32. The largest absolute Gasteiger partial charge is 0.478 e. The number of nitrogens with zero attached hydrogens (tertiary/aromatic N) is 3. The molecular formula is C32H33N5O3S. The number of aryl methyl sites for hydroxylation is 3. The highest BCUT2D eigenvalue weighted by atomic mass is 32.1. The number of hydrogen-bond donors (Lipinski definition) is 3. The highest BCUT2D eigenvalue weighted by molar-refractivity contribution is 7.80. The standard InChI is InChI=1S/C32H33N5O3S/c1-19-8-12-24(13-9-19)34-28(38)14-16-36-30(29(35-32(36)41)26-7-5-6-15-33-26)25-17-21(3)37(22(25)4)27-18-23(31(39)40)11-10-20(27)2/h5-13,15,17-18,29-30H,14,16H2,1-4H3,(H,34,38)(H,35,41)(H,39,40)/t29-,30-/m0/s1. The molecule has 0 aliphatic carbocycles.